The zero-order chi connectivity index (χ0) is 15.5. The highest BCUT2D eigenvalue weighted by Crippen LogP contribution is 2.24. The Morgan fingerprint density at radius 2 is 1.82 bits per heavy atom. The van der Waals surface area contributed by atoms with Gasteiger partial charge < -0.3 is 16.8 Å². The van der Waals surface area contributed by atoms with Crippen molar-refractivity contribution < 1.29 is 0 Å². The Morgan fingerprint density at radius 3 is 2.59 bits per heavy atom. The Morgan fingerprint density at radius 1 is 0.955 bits per heavy atom. The van der Waals surface area contributed by atoms with E-state index in [0.717, 1.165) is 28.2 Å². The summed E-state index contributed by atoms with van der Waals surface area (Å²) in [6.45, 7) is 1.97. The second-order valence-electron chi connectivity index (χ2n) is 5.11. The predicted octanol–water partition coefficient (Wildman–Crippen LogP) is 3.36. The van der Waals surface area contributed by atoms with Crippen LogP contribution in [0.15, 0.2) is 54.9 Å². The number of aryl methyl sites for hydroxylation is 1. The van der Waals surface area contributed by atoms with Gasteiger partial charge in [0.15, 0.2) is 0 Å². The van der Waals surface area contributed by atoms with Gasteiger partial charge in [0.25, 0.3) is 0 Å². The van der Waals surface area contributed by atoms with Crippen LogP contribution in [0.25, 0.3) is 11.3 Å². The number of rotatable bonds is 3. The van der Waals surface area contributed by atoms with Gasteiger partial charge in [0.05, 0.1) is 5.69 Å². The molecule has 110 valence electrons. The third-order valence-corrected chi connectivity index (χ3v) is 3.40. The van der Waals surface area contributed by atoms with E-state index in [1.807, 2.05) is 55.5 Å². The van der Waals surface area contributed by atoms with Crippen molar-refractivity contribution in [2.45, 2.75) is 6.92 Å². The van der Waals surface area contributed by atoms with Crippen molar-refractivity contribution in [3.8, 4) is 11.3 Å². The Labute approximate surface area is 129 Å². The summed E-state index contributed by atoms with van der Waals surface area (Å²) in [5.41, 5.74) is 16.9. The molecular weight excluding hydrogens is 274 g/mol. The molecule has 0 unspecified atom stereocenters. The van der Waals surface area contributed by atoms with Gasteiger partial charge in [-0.3, -0.25) is 0 Å². The molecule has 1 aromatic heterocycles. The van der Waals surface area contributed by atoms with E-state index < -0.39 is 0 Å². The summed E-state index contributed by atoms with van der Waals surface area (Å²) in [5.74, 6) is 0.704. The molecule has 0 saturated carbocycles. The summed E-state index contributed by atoms with van der Waals surface area (Å²) in [6, 6.07) is 15.3. The maximum absolute atomic E-state index is 5.93. The van der Waals surface area contributed by atoms with Gasteiger partial charge in [-0.25, -0.2) is 9.97 Å². The van der Waals surface area contributed by atoms with Crippen LogP contribution in [-0.2, 0) is 0 Å². The van der Waals surface area contributed by atoms with Gasteiger partial charge in [0.2, 0.25) is 0 Å². The molecule has 1 heterocycles. The SMILES string of the molecule is Cc1ccc(Nc2cc(-c3cccc(N)c3)ncn2)cc1N. The molecule has 5 N–H and O–H groups in total. The Kier molecular flexibility index (Phi) is 3.62. The Bertz CT molecular complexity index is 814. The molecule has 0 aliphatic carbocycles. The van der Waals surface area contributed by atoms with Crippen LogP contribution < -0.4 is 16.8 Å². The summed E-state index contributed by atoms with van der Waals surface area (Å²) in [7, 11) is 0. The zero-order valence-corrected chi connectivity index (χ0v) is 12.2. The van der Waals surface area contributed by atoms with E-state index in [0.29, 0.717) is 11.5 Å². The predicted molar refractivity (Wildman–Crippen MR) is 90.8 cm³/mol. The maximum atomic E-state index is 5.93. The third kappa shape index (κ3) is 2.98. The third-order valence-electron chi connectivity index (χ3n) is 3.40. The van der Waals surface area contributed by atoms with E-state index in [2.05, 4.69) is 15.3 Å². The topological polar surface area (TPSA) is 89.8 Å². The molecular formula is C17H17N5. The molecule has 0 aliphatic rings. The highest BCUT2D eigenvalue weighted by molar-refractivity contribution is 5.69. The molecule has 2 aromatic carbocycles. The lowest BCUT2D eigenvalue weighted by Crippen LogP contribution is -1.97. The van der Waals surface area contributed by atoms with Gasteiger partial charge in [0, 0.05) is 28.7 Å². The van der Waals surface area contributed by atoms with E-state index in [1.54, 1.807) is 0 Å². The molecule has 0 amide bonds. The second-order valence-corrected chi connectivity index (χ2v) is 5.11. The lowest BCUT2D eigenvalue weighted by Gasteiger charge is -2.09. The van der Waals surface area contributed by atoms with Crippen LogP contribution >= 0.6 is 0 Å². The highest BCUT2D eigenvalue weighted by Gasteiger charge is 2.04. The number of nitrogens with zero attached hydrogens (tertiary/aromatic N) is 2. The minimum absolute atomic E-state index is 0.704. The number of nitrogens with one attached hydrogen (secondary N) is 1. The smallest absolute Gasteiger partial charge is 0.134 e. The number of benzene rings is 2. The van der Waals surface area contributed by atoms with E-state index >= 15 is 0 Å². The first-order valence-electron chi connectivity index (χ1n) is 6.93. The van der Waals surface area contributed by atoms with Gasteiger partial charge in [0.1, 0.15) is 12.1 Å². The highest BCUT2D eigenvalue weighted by atomic mass is 15.0. The average molecular weight is 291 g/mol. The van der Waals surface area contributed by atoms with Crippen LogP contribution in [0, 0.1) is 6.92 Å². The van der Waals surface area contributed by atoms with Crippen molar-refractivity contribution in [1.82, 2.24) is 9.97 Å². The molecule has 22 heavy (non-hydrogen) atoms. The van der Waals surface area contributed by atoms with Crippen LogP contribution in [0.2, 0.25) is 0 Å². The Hall–Kier alpha value is -3.08. The van der Waals surface area contributed by atoms with Gasteiger partial charge in [-0.1, -0.05) is 18.2 Å². The van der Waals surface area contributed by atoms with E-state index in [1.165, 1.54) is 6.33 Å². The minimum Gasteiger partial charge on any atom is -0.399 e. The van der Waals surface area contributed by atoms with Gasteiger partial charge in [-0.2, -0.15) is 0 Å². The number of hydrogen-bond donors (Lipinski definition) is 3. The number of hydrogen-bond acceptors (Lipinski definition) is 5. The molecule has 3 aromatic rings. The molecule has 0 aliphatic heterocycles. The fraction of sp³-hybridized carbons (Fsp3) is 0.0588. The first-order chi connectivity index (χ1) is 10.6. The molecule has 5 heteroatoms. The first-order valence-corrected chi connectivity index (χ1v) is 6.93. The van der Waals surface area contributed by atoms with Gasteiger partial charge in [-0.15, -0.1) is 0 Å². The van der Waals surface area contributed by atoms with Crippen LogP contribution in [0.5, 0.6) is 0 Å². The number of nitrogen functional groups attached to an aromatic ring is 2. The normalized spacial score (nSPS) is 10.4. The Balaban J connectivity index is 1.89. The minimum atomic E-state index is 0.704. The van der Waals surface area contributed by atoms with Crippen LogP contribution in [-0.4, -0.2) is 9.97 Å². The van der Waals surface area contributed by atoms with Crippen molar-refractivity contribution in [3.63, 3.8) is 0 Å². The second kappa shape index (κ2) is 5.73. The monoisotopic (exact) mass is 291 g/mol. The fourth-order valence-corrected chi connectivity index (χ4v) is 2.15. The quantitative estimate of drug-likeness (QED) is 0.644. The maximum Gasteiger partial charge on any atom is 0.134 e. The van der Waals surface area contributed by atoms with Crippen molar-refractivity contribution in [3.05, 3.63) is 60.4 Å². The van der Waals surface area contributed by atoms with Crippen LogP contribution in [0.3, 0.4) is 0 Å². The van der Waals surface area contributed by atoms with Crippen LogP contribution in [0.1, 0.15) is 5.56 Å². The fourth-order valence-electron chi connectivity index (χ4n) is 2.15. The molecule has 5 nitrogen and oxygen atoms in total. The summed E-state index contributed by atoms with van der Waals surface area (Å²) in [6.07, 6.45) is 1.53. The van der Waals surface area contributed by atoms with E-state index in [9.17, 15) is 0 Å². The van der Waals surface area contributed by atoms with Crippen molar-refractivity contribution >= 4 is 22.9 Å². The summed E-state index contributed by atoms with van der Waals surface area (Å²) in [4.78, 5) is 8.53. The number of anilines is 4. The summed E-state index contributed by atoms with van der Waals surface area (Å²) >= 11 is 0. The number of nitrogens with two attached hydrogens (primary N) is 2. The summed E-state index contributed by atoms with van der Waals surface area (Å²) < 4.78 is 0. The molecule has 0 radical (unpaired) electrons. The molecule has 0 bridgehead atoms. The molecule has 0 spiro atoms. The molecule has 0 saturated heterocycles. The largest absolute Gasteiger partial charge is 0.399 e. The van der Waals surface area contributed by atoms with E-state index in [-0.39, 0.29) is 0 Å². The van der Waals surface area contributed by atoms with Crippen molar-refractivity contribution in [1.29, 1.82) is 0 Å². The number of aromatic nitrogens is 2. The molecule has 0 fully saturated rings. The van der Waals surface area contributed by atoms with Crippen molar-refractivity contribution in [2.24, 2.45) is 0 Å². The van der Waals surface area contributed by atoms with Gasteiger partial charge in [-0.05, 0) is 36.8 Å². The van der Waals surface area contributed by atoms with Crippen molar-refractivity contribution in [2.75, 3.05) is 16.8 Å². The van der Waals surface area contributed by atoms with E-state index in [4.69, 9.17) is 11.5 Å². The lowest BCUT2D eigenvalue weighted by atomic mass is 10.1. The molecule has 0 atom stereocenters. The molecule has 3 rings (SSSR count). The standard InChI is InChI=1S/C17H17N5/c1-11-5-6-14(8-15(11)19)22-17-9-16(20-10-21-17)12-3-2-4-13(18)7-12/h2-10H,18-19H2,1H3,(H,20,21,22). The first kappa shape index (κ1) is 13.9. The van der Waals surface area contributed by atoms with Crippen LogP contribution in [0.4, 0.5) is 22.9 Å². The van der Waals surface area contributed by atoms with Gasteiger partial charge >= 0.3 is 0 Å². The lowest BCUT2D eigenvalue weighted by molar-refractivity contribution is 1.17. The average Bonchev–Trinajstić information content (AvgIpc) is 2.51. The zero-order valence-electron chi connectivity index (χ0n) is 12.2. The summed E-state index contributed by atoms with van der Waals surface area (Å²) in [5, 5.41) is 3.23.